The van der Waals surface area contributed by atoms with Gasteiger partial charge in [-0.1, -0.05) is 17.7 Å². The fourth-order valence-electron chi connectivity index (χ4n) is 1.88. The Morgan fingerprint density at radius 2 is 2.00 bits per heavy atom. The summed E-state index contributed by atoms with van der Waals surface area (Å²) in [4.78, 5) is 8.54. The van der Waals surface area contributed by atoms with Crippen LogP contribution in [0.4, 0.5) is 5.82 Å². The molecule has 0 saturated carbocycles. The summed E-state index contributed by atoms with van der Waals surface area (Å²) in [6, 6.07) is 7.62. The maximum absolute atomic E-state index is 5.83. The summed E-state index contributed by atoms with van der Waals surface area (Å²) in [5.74, 6) is 7.61. The van der Waals surface area contributed by atoms with Crippen molar-refractivity contribution in [1.82, 2.24) is 9.97 Å². The number of rotatable bonds is 6. The zero-order chi connectivity index (χ0) is 15.2. The van der Waals surface area contributed by atoms with Gasteiger partial charge in [0, 0.05) is 12.7 Å². The van der Waals surface area contributed by atoms with Crippen molar-refractivity contribution in [1.29, 1.82) is 0 Å². The second-order valence-electron chi connectivity index (χ2n) is 4.66. The van der Waals surface area contributed by atoms with Gasteiger partial charge in [0.25, 0.3) is 0 Å². The van der Waals surface area contributed by atoms with Crippen LogP contribution in [0.1, 0.15) is 23.9 Å². The van der Waals surface area contributed by atoms with Crippen molar-refractivity contribution in [2.45, 2.75) is 27.4 Å². The van der Waals surface area contributed by atoms with Gasteiger partial charge in [0.15, 0.2) is 5.82 Å². The lowest BCUT2D eigenvalue weighted by atomic mass is 10.1. The first kappa shape index (κ1) is 15.2. The van der Waals surface area contributed by atoms with Gasteiger partial charge in [0.1, 0.15) is 18.2 Å². The monoisotopic (exact) mass is 288 g/mol. The molecule has 0 aliphatic rings. The van der Waals surface area contributed by atoms with Crippen molar-refractivity contribution in [2.24, 2.45) is 5.84 Å². The fourth-order valence-corrected chi connectivity index (χ4v) is 1.88. The highest BCUT2D eigenvalue weighted by molar-refractivity contribution is 5.41. The van der Waals surface area contributed by atoms with Gasteiger partial charge in [0.05, 0.1) is 0 Å². The topological polar surface area (TPSA) is 82.3 Å². The van der Waals surface area contributed by atoms with E-state index in [9.17, 15) is 0 Å². The third-order valence-electron chi connectivity index (χ3n) is 2.88. The first-order valence-electron chi connectivity index (χ1n) is 6.79. The van der Waals surface area contributed by atoms with E-state index in [1.54, 1.807) is 6.07 Å². The molecule has 0 aliphatic heterocycles. The van der Waals surface area contributed by atoms with Crippen molar-refractivity contribution < 1.29 is 9.47 Å². The van der Waals surface area contributed by atoms with Gasteiger partial charge >= 0.3 is 0 Å². The summed E-state index contributed by atoms with van der Waals surface area (Å²) < 4.78 is 11.1. The molecule has 112 valence electrons. The maximum atomic E-state index is 5.83. The van der Waals surface area contributed by atoms with Crippen LogP contribution in [0.15, 0.2) is 24.3 Å². The largest absolute Gasteiger partial charge is 0.439 e. The number of ether oxygens (including phenoxy) is 2. The number of nitrogens with one attached hydrogen (secondary N) is 1. The quantitative estimate of drug-likeness (QED) is 0.628. The molecule has 0 unspecified atom stereocenters. The molecular weight excluding hydrogens is 268 g/mol. The molecule has 0 radical (unpaired) electrons. The van der Waals surface area contributed by atoms with E-state index in [1.165, 1.54) is 5.56 Å². The second-order valence-corrected chi connectivity index (χ2v) is 4.66. The SMILES string of the molecule is CCOCc1nc(NN)cc(Oc2ccc(C)cc2C)n1. The first-order valence-corrected chi connectivity index (χ1v) is 6.79. The maximum Gasteiger partial charge on any atom is 0.224 e. The molecule has 6 heteroatoms. The van der Waals surface area contributed by atoms with Crippen LogP contribution in [0.25, 0.3) is 0 Å². The Kier molecular flexibility index (Phi) is 5.08. The predicted molar refractivity (Wildman–Crippen MR) is 81.2 cm³/mol. The standard InChI is InChI=1S/C15H20N4O2/c1-4-20-9-14-17-13(19-16)8-15(18-14)21-12-6-5-10(2)7-11(12)3/h5-8H,4,9,16H2,1-3H3,(H,17,18,19). The van der Waals surface area contributed by atoms with Gasteiger partial charge in [-0.2, -0.15) is 4.98 Å². The predicted octanol–water partition coefficient (Wildman–Crippen LogP) is 2.71. The van der Waals surface area contributed by atoms with Crippen LogP contribution in [-0.2, 0) is 11.3 Å². The van der Waals surface area contributed by atoms with Crippen LogP contribution in [0.3, 0.4) is 0 Å². The summed E-state index contributed by atoms with van der Waals surface area (Å²) in [6.45, 7) is 6.86. The third-order valence-corrected chi connectivity index (χ3v) is 2.88. The van der Waals surface area contributed by atoms with E-state index in [1.807, 2.05) is 32.9 Å². The zero-order valence-electron chi connectivity index (χ0n) is 12.5. The third kappa shape index (κ3) is 4.14. The van der Waals surface area contributed by atoms with E-state index in [-0.39, 0.29) is 0 Å². The molecule has 1 aromatic carbocycles. The summed E-state index contributed by atoms with van der Waals surface area (Å²) in [6.07, 6.45) is 0. The van der Waals surface area contributed by atoms with Gasteiger partial charge in [-0.25, -0.2) is 10.8 Å². The molecule has 0 atom stereocenters. The Balaban J connectivity index is 2.25. The Morgan fingerprint density at radius 3 is 2.67 bits per heavy atom. The molecule has 1 heterocycles. The van der Waals surface area contributed by atoms with Crippen LogP contribution in [0.2, 0.25) is 0 Å². The molecule has 21 heavy (non-hydrogen) atoms. The number of nitrogens with two attached hydrogens (primary N) is 1. The number of hydrogen-bond donors (Lipinski definition) is 2. The number of hydrogen-bond acceptors (Lipinski definition) is 6. The molecular formula is C15H20N4O2. The Morgan fingerprint density at radius 1 is 1.19 bits per heavy atom. The zero-order valence-corrected chi connectivity index (χ0v) is 12.5. The van der Waals surface area contributed by atoms with Crippen molar-refractivity contribution in [3.63, 3.8) is 0 Å². The lowest BCUT2D eigenvalue weighted by Gasteiger charge is -2.11. The number of anilines is 1. The summed E-state index contributed by atoms with van der Waals surface area (Å²) in [5.41, 5.74) is 4.73. The molecule has 2 aromatic rings. The highest BCUT2D eigenvalue weighted by Gasteiger charge is 2.08. The molecule has 2 rings (SSSR count). The molecule has 0 amide bonds. The van der Waals surface area contributed by atoms with Crippen LogP contribution in [-0.4, -0.2) is 16.6 Å². The van der Waals surface area contributed by atoms with Crippen LogP contribution in [0.5, 0.6) is 11.6 Å². The van der Waals surface area contributed by atoms with Gasteiger partial charge in [-0.15, -0.1) is 0 Å². The molecule has 0 saturated heterocycles. The number of hydrazine groups is 1. The fraction of sp³-hybridized carbons (Fsp3) is 0.333. The minimum atomic E-state index is 0.315. The minimum Gasteiger partial charge on any atom is -0.439 e. The molecule has 3 N–H and O–H groups in total. The van der Waals surface area contributed by atoms with Gasteiger partial charge in [0.2, 0.25) is 5.88 Å². The lowest BCUT2D eigenvalue weighted by Crippen LogP contribution is -2.11. The van der Waals surface area contributed by atoms with Crippen molar-refractivity contribution in [3.8, 4) is 11.6 Å². The molecule has 0 aliphatic carbocycles. The van der Waals surface area contributed by atoms with Crippen molar-refractivity contribution >= 4 is 5.82 Å². The second kappa shape index (κ2) is 7.01. The number of aromatic nitrogens is 2. The van der Waals surface area contributed by atoms with E-state index >= 15 is 0 Å². The Labute approximate surface area is 124 Å². The van der Waals surface area contributed by atoms with Gasteiger partial charge < -0.3 is 14.9 Å². The average Bonchev–Trinajstić information content (AvgIpc) is 2.48. The van der Waals surface area contributed by atoms with Gasteiger partial charge in [-0.05, 0) is 32.4 Å². The lowest BCUT2D eigenvalue weighted by molar-refractivity contribution is 0.128. The molecule has 0 spiro atoms. The van der Waals surface area contributed by atoms with Crippen molar-refractivity contribution in [2.75, 3.05) is 12.0 Å². The molecule has 0 bridgehead atoms. The van der Waals surface area contributed by atoms with Crippen molar-refractivity contribution in [3.05, 3.63) is 41.2 Å². The minimum absolute atomic E-state index is 0.315. The summed E-state index contributed by atoms with van der Waals surface area (Å²) in [7, 11) is 0. The Bertz CT molecular complexity index is 617. The number of benzene rings is 1. The summed E-state index contributed by atoms with van der Waals surface area (Å²) in [5, 5.41) is 0. The number of nitrogens with zero attached hydrogens (tertiary/aromatic N) is 2. The van der Waals surface area contributed by atoms with E-state index in [4.69, 9.17) is 15.3 Å². The molecule has 0 fully saturated rings. The van der Waals surface area contributed by atoms with E-state index in [2.05, 4.69) is 21.5 Å². The van der Waals surface area contributed by atoms with E-state index in [0.29, 0.717) is 30.7 Å². The normalized spacial score (nSPS) is 10.5. The first-order chi connectivity index (χ1) is 10.1. The highest BCUT2D eigenvalue weighted by Crippen LogP contribution is 2.25. The average molecular weight is 288 g/mol. The van der Waals surface area contributed by atoms with Crippen LogP contribution < -0.4 is 16.0 Å². The van der Waals surface area contributed by atoms with Crippen LogP contribution >= 0.6 is 0 Å². The van der Waals surface area contributed by atoms with Crippen LogP contribution in [0, 0.1) is 13.8 Å². The highest BCUT2D eigenvalue weighted by atomic mass is 16.5. The molecule has 6 nitrogen and oxygen atoms in total. The summed E-state index contributed by atoms with van der Waals surface area (Å²) >= 11 is 0. The molecule has 1 aromatic heterocycles. The number of aryl methyl sites for hydroxylation is 2. The van der Waals surface area contributed by atoms with E-state index in [0.717, 1.165) is 11.3 Å². The number of nitrogen functional groups attached to an aromatic ring is 1. The smallest absolute Gasteiger partial charge is 0.224 e. The Hall–Kier alpha value is -2.18. The van der Waals surface area contributed by atoms with Gasteiger partial charge in [-0.3, -0.25) is 0 Å². The van der Waals surface area contributed by atoms with E-state index < -0.39 is 0 Å².